The molecule has 0 aromatic heterocycles. The number of benzene rings is 21. The molecule has 21 rings (SSSR count). The molecule has 0 aliphatic carbocycles. The highest BCUT2D eigenvalue weighted by molar-refractivity contribution is 6.23. The summed E-state index contributed by atoms with van der Waals surface area (Å²) in [5.41, 5.74) is 25.8. The Bertz CT molecular complexity index is 6730. The fraction of sp³-hybridized carbons (Fsp3) is 0. The fourth-order valence-electron chi connectivity index (χ4n) is 17.8. The second kappa shape index (κ2) is 26.0. The molecule has 0 radical (unpaired) electrons. The summed E-state index contributed by atoms with van der Waals surface area (Å²) in [6, 6.07) is 155. The molecular weight excluding hydrogens is 1300 g/mol. The Morgan fingerprint density at radius 2 is 0.324 bits per heavy atom. The first-order valence-electron chi connectivity index (χ1n) is 37.5. The van der Waals surface area contributed by atoms with Crippen LogP contribution in [0.2, 0.25) is 0 Å². The SMILES string of the molecule is c1cc(-c2c(-c3cccc4ccccc34)ccc3ccc(-c4cccc5ccccc45)cc23)cc(-c2c3ccccc3c(-c3cc(-c4cc(-c5cccc6ccccc56)cc(-c5cccc6ccccc56)c4)cc(-c4cc(-c5cccc6ccccc56)cc(-c5cccc6ccccc56)c4)c3)c3ccccc23)c1. The minimum atomic E-state index is 1.12. The van der Waals surface area contributed by atoms with Crippen LogP contribution in [-0.4, -0.2) is 0 Å². The van der Waals surface area contributed by atoms with Crippen molar-refractivity contribution < 1.29 is 0 Å². The van der Waals surface area contributed by atoms with Gasteiger partial charge in [-0.3, -0.25) is 0 Å². The van der Waals surface area contributed by atoms with Gasteiger partial charge < -0.3 is 0 Å². The molecule has 0 saturated heterocycles. The molecule has 21 aromatic rings. The third kappa shape index (κ3) is 10.8. The summed E-state index contributed by atoms with van der Waals surface area (Å²) < 4.78 is 0. The molecule has 0 unspecified atom stereocenters. The maximum absolute atomic E-state index is 2.50. The molecule has 0 atom stereocenters. The Kier molecular flexibility index (Phi) is 15.0. The van der Waals surface area contributed by atoms with Crippen LogP contribution in [0, 0.1) is 0 Å². The van der Waals surface area contributed by atoms with E-state index in [-0.39, 0.29) is 0 Å². The van der Waals surface area contributed by atoms with Crippen molar-refractivity contribution >= 4 is 97.0 Å². The van der Waals surface area contributed by atoms with E-state index in [9.17, 15) is 0 Å². The molecule has 0 fully saturated rings. The zero-order chi connectivity index (χ0) is 71.2. The Hall–Kier alpha value is -14.0. The van der Waals surface area contributed by atoms with E-state index in [1.54, 1.807) is 0 Å². The molecular formula is C108H68. The highest BCUT2D eigenvalue weighted by Crippen LogP contribution is 2.50. The summed E-state index contributed by atoms with van der Waals surface area (Å²) in [4.78, 5) is 0. The Morgan fingerprint density at radius 1 is 0.0926 bits per heavy atom. The second-order valence-corrected chi connectivity index (χ2v) is 28.9. The van der Waals surface area contributed by atoms with E-state index in [1.807, 2.05) is 0 Å². The average Bonchev–Trinajstić information content (AvgIpc) is 0.731. The molecule has 500 valence electrons. The van der Waals surface area contributed by atoms with Crippen LogP contribution in [0.4, 0.5) is 0 Å². The monoisotopic (exact) mass is 1360 g/mol. The van der Waals surface area contributed by atoms with Crippen LogP contribution in [0.15, 0.2) is 413 Å². The van der Waals surface area contributed by atoms with Crippen molar-refractivity contribution in [3.63, 3.8) is 0 Å². The van der Waals surface area contributed by atoms with E-state index in [1.165, 1.54) is 158 Å². The van der Waals surface area contributed by atoms with Crippen LogP contribution in [0.1, 0.15) is 0 Å². The number of fused-ring (bicyclic) bond motifs is 9. The first kappa shape index (κ1) is 62.5. The third-order valence-corrected chi connectivity index (χ3v) is 22.7. The van der Waals surface area contributed by atoms with Gasteiger partial charge >= 0.3 is 0 Å². The number of hydrogen-bond acceptors (Lipinski definition) is 0. The summed E-state index contributed by atoms with van der Waals surface area (Å²) in [7, 11) is 0. The van der Waals surface area contributed by atoms with Crippen molar-refractivity contribution in [3.8, 4) is 122 Å². The van der Waals surface area contributed by atoms with Gasteiger partial charge in [-0.2, -0.15) is 0 Å². The van der Waals surface area contributed by atoms with E-state index >= 15 is 0 Å². The molecule has 0 aliphatic rings. The van der Waals surface area contributed by atoms with E-state index in [4.69, 9.17) is 0 Å². The van der Waals surface area contributed by atoms with Crippen molar-refractivity contribution in [1.29, 1.82) is 0 Å². The highest BCUT2D eigenvalue weighted by Gasteiger charge is 2.24. The normalized spacial score (nSPS) is 11.7. The third-order valence-electron chi connectivity index (χ3n) is 22.7. The van der Waals surface area contributed by atoms with Crippen LogP contribution in [0.3, 0.4) is 0 Å². The van der Waals surface area contributed by atoms with Gasteiger partial charge in [0.05, 0.1) is 0 Å². The highest BCUT2D eigenvalue weighted by atomic mass is 14.3. The lowest BCUT2D eigenvalue weighted by molar-refractivity contribution is 1.56. The zero-order valence-electron chi connectivity index (χ0n) is 59.3. The maximum atomic E-state index is 2.50. The zero-order valence-corrected chi connectivity index (χ0v) is 59.3. The summed E-state index contributed by atoms with van der Waals surface area (Å²) >= 11 is 0. The van der Waals surface area contributed by atoms with Crippen molar-refractivity contribution in [2.75, 3.05) is 0 Å². The van der Waals surface area contributed by atoms with Crippen LogP contribution in [0.5, 0.6) is 0 Å². The molecule has 0 spiro atoms. The van der Waals surface area contributed by atoms with E-state index in [0.717, 1.165) is 61.2 Å². The van der Waals surface area contributed by atoms with Gasteiger partial charge in [-0.1, -0.05) is 346 Å². The molecule has 0 N–H and O–H groups in total. The fourth-order valence-corrected chi connectivity index (χ4v) is 17.8. The van der Waals surface area contributed by atoms with Gasteiger partial charge in [0.25, 0.3) is 0 Å². The lowest BCUT2D eigenvalue weighted by Crippen LogP contribution is -1.94. The number of rotatable bonds is 11. The quantitative estimate of drug-likeness (QED) is 0.113. The summed E-state index contributed by atoms with van der Waals surface area (Å²) in [6.07, 6.45) is 0. The van der Waals surface area contributed by atoms with E-state index in [0.29, 0.717) is 0 Å². The molecule has 108 heavy (non-hydrogen) atoms. The largest absolute Gasteiger partial charge is 0.0616 e. The minimum Gasteiger partial charge on any atom is -0.0616 e. The summed E-state index contributed by atoms with van der Waals surface area (Å²) in [5, 5.41) is 21.8. The molecule has 0 heterocycles. The Labute approximate surface area is 627 Å². The average molecular weight is 1370 g/mol. The van der Waals surface area contributed by atoms with Gasteiger partial charge in [-0.15, -0.1) is 0 Å². The molecule has 0 nitrogen and oxygen atoms in total. The van der Waals surface area contributed by atoms with Crippen molar-refractivity contribution in [1.82, 2.24) is 0 Å². The van der Waals surface area contributed by atoms with E-state index in [2.05, 4.69) is 413 Å². The lowest BCUT2D eigenvalue weighted by atomic mass is 9.82. The second-order valence-electron chi connectivity index (χ2n) is 28.9. The minimum absolute atomic E-state index is 1.12. The Morgan fingerprint density at radius 3 is 0.694 bits per heavy atom. The first-order valence-corrected chi connectivity index (χ1v) is 37.5. The summed E-state index contributed by atoms with van der Waals surface area (Å²) in [5.74, 6) is 0. The molecule has 0 bridgehead atoms. The lowest BCUT2D eigenvalue weighted by Gasteiger charge is -2.21. The molecule has 0 heteroatoms. The molecule has 0 aliphatic heterocycles. The maximum Gasteiger partial charge on any atom is -0.00259 e. The van der Waals surface area contributed by atoms with Gasteiger partial charge in [-0.05, 0) is 286 Å². The predicted molar refractivity (Wildman–Crippen MR) is 464 cm³/mol. The standard InChI is InChI=1S/C108H68/c1-7-38-88-69(24-1)30-18-48-94(88)76-55-54-75-56-57-104(99-53-23-35-74-29-6-12-43-93(74)99)107(105(75)68-76)78-37-17-36-77(58-78)106-100-44-13-15-46-102(100)108(103-47-16-14-45-101(103)106)87-64-79(81-60-83(95-49-19-31-70-25-2-8-39-89(70)95)66-84(61-81)96-50-20-32-71-26-3-9-40-90(71)96)59-80(65-87)82-62-85(97-51-21-33-72-27-4-10-41-91(72)97)67-86(63-82)98-52-22-34-73-28-5-11-42-92(73)98/h1-68H. The number of hydrogen-bond donors (Lipinski definition) is 0. The predicted octanol–water partition coefficient (Wildman–Crippen LogP) is 30.4. The van der Waals surface area contributed by atoms with Crippen molar-refractivity contribution in [3.05, 3.63) is 413 Å². The van der Waals surface area contributed by atoms with E-state index < -0.39 is 0 Å². The van der Waals surface area contributed by atoms with Crippen LogP contribution in [0.25, 0.3) is 219 Å². The van der Waals surface area contributed by atoms with Crippen molar-refractivity contribution in [2.45, 2.75) is 0 Å². The molecule has 21 aromatic carbocycles. The smallest absolute Gasteiger partial charge is 0.00259 e. The topological polar surface area (TPSA) is 0 Å². The van der Waals surface area contributed by atoms with Gasteiger partial charge in [0.2, 0.25) is 0 Å². The van der Waals surface area contributed by atoms with Gasteiger partial charge in [-0.25, -0.2) is 0 Å². The van der Waals surface area contributed by atoms with Gasteiger partial charge in [0, 0.05) is 0 Å². The van der Waals surface area contributed by atoms with Crippen LogP contribution >= 0.6 is 0 Å². The summed E-state index contributed by atoms with van der Waals surface area (Å²) in [6.45, 7) is 0. The van der Waals surface area contributed by atoms with Crippen LogP contribution in [-0.2, 0) is 0 Å². The molecule has 0 amide bonds. The molecule has 0 saturated carbocycles. The van der Waals surface area contributed by atoms with Crippen molar-refractivity contribution in [2.24, 2.45) is 0 Å². The van der Waals surface area contributed by atoms with Crippen LogP contribution < -0.4 is 0 Å². The van der Waals surface area contributed by atoms with Gasteiger partial charge in [0.1, 0.15) is 0 Å². The van der Waals surface area contributed by atoms with Gasteiger partial charge in [0.15, 0.2) is 0 Å². The first-order chi connectivity index (χ1) is 53.5. The Balaban J connectivity index is 0.824.